The maximum absolute atomic E-state index is 12.2. The lowest BCUT2D eigenvalue weighted by atomic mass is 9.91. The van der Waals surface area contributed by atoms with Gasteiger partial charge in [-0.3, -0.25) is 9.59 Å². The van der Waals surface area contributed by atoms with Gasteiger partial charge < -0.3 is 29.7 Å². The van der Waals surface area contributed by atoms with E-state index in [0.29, 0.717) is 10.9 Å². The maximum atomic E-state index is 12.2. The molecule has 1 fully saturated rings. The van der Waals surface area contributed by atoms with Gasteiger partial charge in [0, 0.05) is 30.7 Å². The van der Waals surface area contributed by atoms with E-state index in [0.717, 1.165) is 27.9 Å². The fourth-order valence-electron chi connectivity index (χ4n) is 4.92. The molecule has 1 aliphatic heterocycles. The monoisotopic (exact) mass is 633 g/mol. The summed E-state index contributed by atoms with van der Waals surface area (Å²) in [4.78, 5) is 23.4. The van der Waals surface area contributed by atoms with Crippen LogP contribution in [0.4, 0.5) is 0 Å². The number of aliphatic hydroxyl groups excluding tert-OH is 1. The van der Waals surface area contributed by atoms with E-state index >= 15 is 0 Å². The number of thioether (sulfide) groups is 1. The van der Waals surface area contributed by atoms with Gasteiger partial charge in [0.25, 0.3) is 5.91 Å². The first kappa shape index (κ1) is 32.1. The molecule has 0 unspecified atom stereocenters. The van der Waals surface area contributed by atoms with Crippen molar-refractivity contribution in [2.24, 2.45) is 5.92 Å². The van der Waals surface area contributed by atoms with Gasteiger partial charge in [-0.05, 0) is 58.3 Å². The fraction of sp³-hybridized carbons (Fsp3) is 0.344. The van der Waals surface area contributed by atoms with Crippen LogP contribution in [-0.2, 0) is 37.0 Å². The summed E-state index contributed by atoms with van der Waals surface area (Å²) in [5.74, 6) is -0.246. The van der Waals surface area contributed by atoms with Gasteiger partial charge in [-0.25, -0.2) is 0 Å². The summed E-state index contributed by atoms with van der Waals surface area (Å²) < 4.78 is 19.6. The second-order valence-corrected chi connectivity index (χ2v) is 11.7. The molecule has 2 heterocycles. The van der Waals surface area contributed by atoms with Crippen LogP contribution in [0.25, 0.3) is 5.69 Å². The number of nitrogens with one attached hydrogen (secondary N) is 1. The number of hydrogen-bond donors (Lipinski definition) is 3. The minimum absolute atomic E-state index is 0.0413. The van der Waals surface area contributed by atoms with E-state index in [-0.39, 0.29) is 42.9 Å². The molecule has 12 nitrogen and oxygen atoms in total. The van der Waals surface area contributed by atoms with Crippen molar-refractivity contribution in [2.45, 2.75) is 63.7 Å². The summed E-state index contributed by atoms with van der Waals surface area (Å²) in [6.07, 6.45) is -2.09. The number of esters is 1. The molecular formula is C32H35N5O7S. The number of phenolic OH excluding ortho intramolecular Hbond substituents is 1. The number of tetrazole rings is 1. The lowest BCUT2D eigenvalue weighted by Gasteiger charge is -2.41. The van der Waals surface area contributed by atoms with Crippen molar-refractivity contribution in [2.75, 3.05) is 5.75 Å². The van der Waals surface area contributed by atoms with Crippen molar-refractivity contribution in [3.8, 4) is 11.4 Å². The van der Waals surface area contributed by atoms with Gasteiger partial charge in [0.15, 0.2) is 12.4 Å². The molecule has 1 saturated heterocycles. The minimum Gasteiger partial charge on any atom is -0.508 e. The first-order chi connectivity index (χ1) is 21.7. The van der Waals surface area contributed by atoms with Crippen LogP contribution >= 0.6 is 11.8 Å². The molecule has 0 spiro atoms. The Morgan fingerprint density at radius 3 is 2.33 bits per heavy atom. The number of phenols is 1. The molecule has 45 heavy (non-hydrogen) atoms. The van der Waals surface area contributed by atoms with Crippen molar-refractivity contribution in [3.63, 3.8) is 0 Å². The summed E-state index contributed by atoms with van der Waals surface area (Å²) in [6.45, 7) is 5.09. The Morgan fingerprint density at radius 2 is 1.67 bits per heavy atom. The van der Waals surface area contributed by atoms with Gasteiger partial charge >= 0.3 is 5.97 Å². The van der Waals surface area contributed by atoms with Gasteiger partial charge in [0.1, 0.15) is 5.75 Å². The van der Waals surface area contributed by atoms with Crippen LogP contribution in [0.1, 0.15) is 55.4 Å². The molecule has 5 rings (SSSR count). The van der Waals surface area contributed by atoms with Gasteiger partial charge in [-0.1, -0.05) is 67.2 Å². The van der Waals surface area contributed by atoms with Crippen molar-refractivity contribution < 1.29 is 34.0 Å². The number of nitrogens with zero attached hydrogens (tertiary/aromatic N) is 4. The molecule has 4 aromatic rings. The zero-order valence-electron chi connectivity index (χ0n) is 25.1. The van der Waals surface area contributed by atoms with Gasteiger partial charge in [-0.15, -0.1) is 5.10 Å². The predicted molar refractivity (Wildman–Crippen MR) is 164 cm³/mol. The molecule has 236 valence electrons. The van der Waals surface area contributed by atoms with Crippen molar-refractivity contribution >= 4 is 23.6 Å². The van der Waals surface area contributed by atoms with E-state index in [4.69, 9.17) is 14.2 Å². The van der Waals surface area contributed by atoms with E-state index in [1.165, 1.54) is 25.6 Å². The van der Waals surface area contributed by atoms with Gasteiger partial charge in [-0.2, -0.15) is 4.68 Å². The molecule has 5 atom stereocenters. The normalized spacial score (nSPS) is 20.4. The molecule has 0 aliphatic carbocycles. The van der Waals surface area contributed by atoms with Crippen LogP contribution in [0.3, 0.4) is 0 Å². The highest BCUT2D eigenvalue weighted by Gasteiger charge is 2.38. The topological polar surface area (TPSA) is 158 Å². The average Bonchev–Trinajstić information content (AvgIpc) is 3.52. The third-order valence-corrected chi connectivity index (χ3v) is 8.47. The molecule has 13 heteroatoms. The number of aromatic hydroxyl groups is 1. The molecule has 3 N–H and O–H groups in total. The van der Waals surface area contributed by atoms with Crippen molar-refractivity contribution in [3.05, 3.63) is 95.1 Å². The molecule has 0 radical (unpaired) electrons. The third-order valence-electron chi connectivity index (χ3n) is 7.47. The number of amides is 1. The highest BCUT2D eigenvalue weighted by molar-refractivity contribution is 7.99. The Hall–Kier alpha value is -4.30. The Kier molecular flexibility index (Phi) is 10.5. The Bertz CT molecular complexity index is 1580. The van der Waals surface area contributed by atoms with E-state index in [1.807, 2.05) is 48.5 Å². The Balaban J connectivity index is 1.32. The molecule has 1 aromatic heterocycles. The largest absolute Gasteiger partial charge is 0.508 e. The van der Waals surface area contributed by atoms with Gasteiger partial charge in [0.2, 0.25) is 5.16 Å². The SMILES string of the molecule is CC(=O)O[C@@H](C)C(=O)NCc1ccc([C@@H]2O[C@H](CSc3nnnn3-c3ccc(O)cc3)[C@H](C)[C@H](c3ccc(CO)cc3)O2)cc1. The van der Waals surface area contributed by atoms with Crippen LogP contribution in [0, 0.1) is 5.92 Å². The van der Waals surface area contributed by atoms with E-state index in [1.54, 1.807) is 28.9 Å². The molecule has 0 bridgehead atoms. The van der Waals surface area contributed by atoms with Crippen LogP contribution in [0.2, 0.25) is 0 Å². The first-order valence-corrected chi connectivity index (χ1v) is 15.5. The zero-order chi connectivity index (χ0) is 31.9. The summed E-state index contributed by atoms with van der Waals surface area (Å²) in [5.41, 5.74) is 4.17. The van der Waals surface area contributed by atoms with E-state index in [2.05, 4.69) is 27.8 Å². The Labute approximate surface area is 264 Å². The number of benzene rings is 3. The molecule has 1 amide bonds. The quantitative estimate of drug-likeness (QED) is 0.162. The van der Waals surface area contributed by atoms with Crippen LogP contribution < -0.4 is 5.32 Å². The predicted octanol–water partition coefficient (Wildman–Crippen LogP) is 4.01. The lowest BCUT2D eigenvalue weighted by molar-refractivity contribution is -0.268. The molecule has 0 saturated carbocycles. The van der Waals surface area contributed by atoms with E-state index < -0.39 is 18.4 Å². The van der Waals surface area contributed by atoms with Crippen LogP contribution in [0.5, 0.6) is 5.75 Å². The summed E-state index contributed by atoms with van der Waals surface area (Å²) in [5, 5.41) is 34.7. The fourth-order valence-corrected chi connectivity index (χ4v) is 5.97. The highest BCUT2D eigenvalue weighted by Crippen LogP contribution is 2.43. The number of rotatable bonds is 11. The standard InChI is InChI=1S/C32H35N5O7S/c1-19-28(18-45-32-34-35-36-37(32)26-12-14-27(40)15-13-26)43-31(44-29(19)24-8-6-23(17-38)7-9-24)25-10-4-22(5-11-25)16-33-30(41)20(2)42-21(3)39/h4-15,19-20,28-29,31,38,40H,16-18H2,1-3H3,(H,33,41)/t19-,20-,28+,29+,31+/m0/s1. The lowest BCUT2D eigenvalue weighted by Crippen LogP contribution is -2.38. The molecular weight excluding hydrogens is 598 g/mol. The van der Waals surface area contributed by atoms with Crippen molar-refractivity contribution in [1.82, 2.24) is 25.5 Å². The minimum atomic E-state index is -0.878. The number of hydrogen-bond acceptors (Lipinski definition) is 11. The van der Waals surface area contributed by atoms with E-state index in [9.17, 15) is 19.8 Å². The highest BCUT2D eigenvalue weighted by atomic mass is 32.2. The van der Waals surface area contributed by atoms with Gasteiger partial charge in [0.05, 0.1) is 24.5 Å². The number of aliphatic hydroxyl groups is 1. The molecule has 1 aliphatic rings. The van der Waals surface area contributed by atoms with Crippen molar-refractivity contribution in [1.29, 1.82) is 0 Å². The smallest absolute Gasteiger partial charge is 0.303 e. The van der Waals surface area contributed by atoms with Crippen LogP contribution in [0.15, 0.2) is 78.0 Å². The number of carbonyl (C=O) groups excluding carboxylic acids is 2. The third kappa shape index (κ3) is 8.05. The first-order valence-electron chi connectivity index (χ1n) is 14.5. The zero-order valence-corrected chi connectivity index (χ0v) is 25.9. The number of carbonyl (C=O) groups is 2. The second-order valence-electron chi connectivity index (χ2n) is 10.7. The number of aromatic nitrogens is 4. The molecule has 3 aromatic carbocycles. The summed E-state index contributed by atoms with van der Waals surface area (Å²) in [7, 11) is 0. The Morgan fingerprint density at radius 1 is 1.00 bits per heavy atom. The van der Waals surface area contributed by atoms with Crippen LogP contribution in [-0.4, -0.2) is 60.3 Å². The summed E-state index contributed by atoms with van der Waals surface area (Å²) in [6, 6.07) is 21.9. The summed E-state index contributed by atoms with van der Waals surface area (Å²) >= 11 is 1.46. The maximum Gasteiger partial charge on any atom is 0.303 e. The number of ether oxygens (including phenoxy) is 3. The second kappa shape index (κ2) is 14.7. The average molecular weight is 634 g/mol.